The van der Waals surface area contributed by atoms with E-state index in [0.717, 1.165) is 25.9 Å². The van der Waals surface area contributed by atoms with Crippen LogP contribution in [0.5, 0.6) is 0 Å². The van der Waals surface area contributed by atoms with Crippen molar-refractivity contribution in [3.63, 3.8) is 0 Å². The van der Waals surface area contributed by atoms with Crippen molar-refractivity contribution in [2.24, 2.45) is 5.92 Å². The molecule has 0 aromatic heterocycles. The lowest BCUT2D eigenvalue weighted by atomic mass is 10.0. The van der Waals surface area contributed by atoms with Gasteiger partial charge in [-0.1, -0.05) is 0 Å². The zero-order valence-corrected chi connectivity index (χ0v) is 11.4. The van der Waals surface area contributed by atoms with Gasteiger partial charge in [0.1, 0.15) is 6.04 Å². The maximum atomic E-state index is 12.2. The van der Waals surface area contributed by atoms with Crippen LogP contribution in [-0.4, -0.2) is 60.0 Å². The van der Waals surface area contributed by atoms with Crippen molar-refractivity contribution in [1.82, 2.24) is 15.5 Å². The number of nitrogens with one attached hydrogen (secondary N) is 2. The zero-order valence-electron chi connectivity index (χ0n) is 11.4. The summed E-state index contributed by atoms with van der Waals surface area (Å²) in [7, 11) is 0. The SMILES string of the molecule is O=C(O)CC1C(=O)NCCN1C(=O)CCC1CCNC1. The van der Waals surface area contributed by atoms with Gasteiger partial charge in [-0.3, -0.25) is 14.4 Å². The number of carboxylic acid groups (broad SMARTS) is 1. The normalized spacial score (nSPS) is 26.4. The van der Waals surface area contributed by atoms with Crippen LogP contribution in [0.15, 0.2) is 0 Å². The summed E-state index contributed by atoms with van der Waals surface area (Å²) < 4.78 is 0. The lowest BCUT2D eigenvalue weighted by Gasteiger charge is -2.34. The quantitative estimate of drug-likeness (QED) is 0.612. The van der Waals surface area contributed by atoms with E-state index in [2.05, 4.69) is 10.6 Å². The number of aliphatic carboxylic acids is 1. The molecule has 3 N–H and O–H groups in total. The van der Waals surface area contributed by atoms with Crippen molar-refractivity contribution in [3.8, 4) is 0 Å². The van der Waals surface area contributed by atoms with Crippen LogP contribution in [0, 0.1) is 5.92 Å². The van der Waals surface area contributed by atoms with Gasteiger partial charge >= 0.3 is 5.97 Å². The van der Waals surface area contributed by atoms with Gasteiger partial charge in [0.15, 0.2) is 0 Å². The number of amides is 2. The lowest BCUT2D eigenvalue weighted by Crippen LogP contribution is -2.57. The molecule has 2 fully saturated rings. The highest BCUT2D eigenvalue weighted by atomic mass is 16.4. The Hall–Kier alpha value is -1.63. The highest BCUT2D eigenvalue weighted by Crippen LogP contribution is 2.17. The number of carbonyl (C=O) groups excluding carboxylic acids is 2. The third-order valence-electron chi connectivity index (χ3n) is 3.95. The molecule has 2 heterocycles. The number of piperazine rings is 1. The molecule has 0 aromatic rings. The molecule has 2 rings (SSSR count). The van der Waals surface area contributed by atoms with Gasteiger partial charge in [-0.15, -0.1) is 0 Å². The van der Waals surface area contributed by atoms with Crippen molar-refractivity contribution < 1.29 is 19.5 Å². The Bertz CT molecular complexity index is 393. The summed E-state index contributed by atoms with van der Waals surface area (Å²) in [5.74, 6) is -1.03. The highest BCUT2D eigenvalue weighted by molar-refractivity contribution is 5.91. The molecule has 0 bridgehead atoms. The number of rotatable bonds is 5. The fourth-order valence-electron chi connectivity index (χ4n) is 2.81. The smallest absolute Gasteiger partial charge is 0.305 e. The van der Waals surface area contributed by atoms with Gasteiger partial charge < -0.3 is 20.6 Å². The summed E-state index contributed by atoms with van der Waals surface area (Å²) in [5.41, 5.74) is 0. The number of hydrogen-bond acceptors (Lipinski definition) is 4. The fraction of sp³-hybridized carbons (Fsp3) is 0.769. The molecule has 2 aliphatic heterocycles. The minimum Gasteiger partial charge on any atom is -0.481 e. The van der Waals surface area contributed by atoms with Gasteiger partial charge in [0.2, 0.25) is 11.8 Å². The van der Waals surface area contributed by atoms with Crippen molar-refractivity contribution >= 4 is 17.8 Å². The van der Waals surface area contributed by atoms with Crippen molar-refractivity contribution in [2.75, 3.05) is 26.2 Å². The van der Waals surface area contributed by atoms with Gasteiger partial charge in [0.25, 0.3) is 0 Å². The Kier molecular flexibility index (Phi) is 4.94. The number of nitrogens with zero attached hydrogens (tertiary/aromatic N) is 1. The van der Waals surface area contributed by atoms with Gasteiger partial charge in [0.05, 0.1) is 6.42 Å². The van der Waals surface area contributed by atoms with E-state index in [1.54, 1.807) is 0 Å². The van der Waals surface area contributed by atoms with E-state index in [1.165, 1.54) is 4.90 Å². The zero-order chi connectivity index (χ0) is 14.5. The lowest BCUT2D eigenvalue weighted by molar-refractivity contribution is -0.148. The van der Waals surface area contributed by atoms with Crippen molar-refractivity contribution in [3.05, 3.63) is 0 Å². The van der Waals surface area contributed by atoms with Crippen LogP contribution in [0.2, 0.25) is 0 Å². The first-order valence-corrected chi connectivity index (χ1v) is 7.07. The van der Waals surface area contributed by atoms with E-state index < -0.39 is 12.0 Å². The summed E-state index contributed by atoms with van der Waals surface area (Å²) in [4.78, 5) is 36.2. The molecule has 2 saturated heterocycles. The molecular weight excluding hydrogens is 262 g/mol. The summed E-state index contributed by atoms with van der Waals surface area (Å²) in [6.07, 6.45) is 1.92. The fourth-order valence-corrected chi connectivity index (χ4v) is 2.81. The second kappa shape index (κ2) is 6.69. The second-order valence-corrected chi connectivity index (χ2v) is 5.39. The first-order valence-electron chi connectivity index (χ1n) is 7.07. The van der Waals surface area contributed by atoms with E-state index in [9.17, 15) is 14.4 Å². The maximum Gasteiger partial charge on any atom is 0.305 e. The Morgan fingerprint density at radius 1 is 1.35 bits per heavy atom. The molecule has 0 spiro atoms. The minimum atomic E-state index is -1.06. The molecule has 20 heavy (non-hydrogen) atoms. The molecule has 2 unspecified atom stereocenters. The van der Waals surface area contributed by atoms with E-state index in [-0.39, 0.29) is 18.2 Å². The summed E-state index contributed by atoms with van der Waals surface area (Å²) in [6.45, 7) is 2.72. The molecule has 2 aliphatic rings. The predicted octanol–water partition coefficient (Wildman–Crippen LogP) is -0.822. The molecule has 0 saturated carbocycles. The van der Waals surface area contributed by atoms with E-state index >= 15 is 0 Å². The van der Waals surface area contributed by atoms with Crippen LogP contribution in [-0.2, 0) is 14.4 Å². The highest BCUT2D eigenvalue weighted by Gasteiger charge is 2.34. The van der Waals surface area contributed by atoms with Gasteiger partial charge in [-0.05, 0) is 31.8 Å². The third-order valence-corrected chi connectivity index (χ3v) is 3.95. The van der Waals surface area contributed by atoms with Gasteiger partial charge in [-0.25, -0.2) is 0 Å². The van der Waals surface area contributed by atoms with Crippen LogP contribution in [0.25, 0.3) is 0 Å². The maximum absolute atomic E-state index is 12.2. The first-order chi connectivity index (χ1) is 9.58. The molecule has 7 nitrogen and oxygen atoms in total. The molecule has 112 valence electrons. The summed E-state index contributed by atoms with van der Waals surface area (Å²) in [5, 5.41) is 14.7. The average molecular weight is 283 g/mol. The minimum absolute atomic E-state index is 0.113. The molecule has 7 heteroatoms. The van der Waals surface area contributed by atoms with Crippen LogP contribution in [0.4, 0.5) is 0 Å². The van der Waals surface area contributed by atoms with E-state index in [0.29, 0.717) is 25.4 Å². The Morgan fingerprint density at radius 2 is 2.15 bits per heavy atom. The second-order valence-electron chi connectivity index (χ2n) is 5.39. The molecule has 0 radical (unpaired) electrons. The van der Waals surface area contributed by atoms with Crippen LogP contribution < -0.4 is 10.6 Å². The molecule has 0 aromatic carbocycles. The van der Waals surface area contributed by atoms with E-state index in [1.807, 2.05) is 0 Å². The van der Waals surface area contributed by atoms with Crippen LogP contribution in [0.3, 0.4) is 0 Å². The Morgan fingerprint density at radius 3 is 2.80 bits per heavy atom. The Labute approximate surface area is 117 Å². The number of carbonyl (C=O) groups is 3. The predicted molar refractivity (Wildman–Crippen MR) is 71.0 cm³/mol. The Balaban J connectivity index is 1.90. The average Bonchev–Trinajstić information content (AvgIpc) is 2.91. The van der Waals surface area contributed by atoms with Crippen LogP contribution in [0.1, 0.15) is 25.7 Å². The monoisotopic (exact) mass is 283 g/mol. The van der Waals surface area contributed by atoms with Crippen molar-refractivity contribution in [1.29, 1.82) is 0 Å². The largest absolute Gasteiger partial charge is 0.481 e. The molecule has 2 amide bonds. The topological polar surface area (TPSA) is 98.7 Å². The number of hydrogen-bond donors (Lipinski definition) is 3. The third kappa shape index (κ3) is 3.69. The molecule has 2 atom stereocenters. The van der Waals surface area contributed by atoms with Crippen LogP contribution >= 0.6 is 0 Å². The first kappa shape index (κ1) is 14.8. The van der Waals surface area contributed by atoms with Crippen molar-refractivity contribution in [2.45, 2.75) is 31.7 Å². The molecular formula is C13H21N3O4. The number of carboxylic acids is 1. The summed E-state index contributed by atoms with van der Waals surface area (Å²) in [6, 6.07) is -0.865. The summed E-state index contributed by atoms with van der Waals surface area (Å²) >= 11 is 0. The van der Waals surface area contributed by atoms with Gasteiger partial charge in [-0.2, -0.15) is 0 Å². The van der Waals surface area contributed by atoms with Gasteiger partial charge in [0, 0.05) is 19.5 Å². The standard InChI is InChI=1S/C13H21N3O4/c17-11(2-1-9-3-4-14-8-9)16-6-5-15-13(20)10(16)7-12(18)19/h9-10,14H,1-8H2,(H,15,20)(H,18,19). The van der Waals surface area contributed by atoms with E-state index in [4.69, 9.17) is 5.11 Å². The molecule has 0 aliphatic carbocycles.